The first-order chi connectivity index (χ1) is 8.97. The summed E-state index contributed by atoms with van der Waals surface area (Å²) in [7, 11) is 1.77. The SMILES string of the molecule is COC1(CNc2nc(C)cc(C)c2C(N)=S)CCC1. The highest BCUT2D eigenvalue weighted by Crippen LogP contribution is 2.35. The summed E-state index contributed by atoms with van der Waals surface area (Å²) in [5.74, 6) is 0.772. The van der Waals surface area contributed by atoms with Crippen molar-refractivity contribution >= 4 is 23.0 Å². The van der Waals surface area contributed by atoms with E-state index in [-0.39, 0.29) is 5.60 Å². The van der Waals surface area contributed by atoms with E-state index in [1.807, 2.05) is 19.9 Å². The number of hydrogen-bond donors (Lipinski definition) is 2. The number of rotatable bonds is 5. The number of hydrogen-bond acceptors (Lipinski definition) is 4. The molecule has 1 saturated carbocycles. The van der Waals surface area contributed by atoms with Crippen molar-refractivity contribution in [1.29, 1.82) is 0 Å². The molecule has 1 fully saturated rings. The normalized spacial score (nSPS) is 16.8. The first-order valence-corrected chi connectivity index (χ1v) is 6.95. The van der Waals surface area contributed by atoms with Crippen LogP contribution in [0.4, 0.5) is 5.82 Å². The largest absolute Gasteiger partial charge is 0.389 e. The van der Waals surface area contributed by atoms with E-state index in [1.165, 1.54) is 6.42 Å². The van der Waals surface area contributed by atoms with E-state index in [2.05, 4.69) is 10.3 Å². The minimum atomic E-state index is -0.0488. The van der Waals surface area contributed by atoms with Crippen molar-refractivity contribution in [3.63, 3.8) is 0 Å². The third-order valence-corrected chi connectivity index (χ3v) is 4.07. The molecule has 0 aromatic carbocycles. The van der Waals surface area contributed by atoms with Crippen LogP contribution < -0.4 is 11.1 Å². The van der Waals surface area contributed by atoms with Crippen LogP contribution in [0.2, 0.25) is 0 Å². The molecule has 0 bridgehead atoms. The first kappa shape index (κ1) is 14.2. The highest BCUT2D eigenvalue weighted by Gasteiger charge is 2.37. The van der Waals surface area contributed by atoms with Crippen LogP contribution in [0, 0.1) is 13.8 Å². The lowest BCUT2D eigenvalue weighted by Crippen LogP contribution is -2.45. The van der Waals surface area contributed by atoms with Crippen molar-refractivity contribution in [2.24, 2.45) is 5.73 Å². The van der Waals surface area contributed by atoms with Crippen molar-refractivity contribution in [3.05, 3.63) is 22.9 Å². The molecular weight excluding hydrogens is 258 g/mol. The Labute approximate surface area is 119 Å². The second kappa shape index (κ2) is 5.43. The summed E-state index contributed by atoms with van der Waals surface area (Å²) < 4.78 is 5.60. The molecule has 1 aromatic heterocycles. The van der Waals surface area contributed by atoms with Crippen LogP contribution in [0.5, 0.6) is 0 Å². The molecule has 0 atom stereocenters. The zero-order valence-electron chi connectivity index (χ0n) is 11.7. The van der Waals surface area contributed by atoms with Crippen LogP contribution in [0.15, 0.2) is 6.07 Å². The molecule has 1 heterocycles. The molecule has 2 rings (SSSR count). The second-order valence-electron chi connectivity index (χ2n) is 5.26. The van der Waals surface area contributed by atoms with E-state index >= 15 is 0 Å². The zero-order valence-corrected chi connectivity index (χ0v) is 12.6. The topological polar surface area (TPSA) is 60.2 Å². The van der Waals surface area contributed by atoms with Gasteiger partial charge in [0.2, 0.25) is 0 Å². The molecule has 1 aliphatic rings. The Morgan fingerprint density at radius 2 is 2.21 bits per heavy atom. The van der Waals surface area contributed by atoms with Gasteiger partial charge in [0, 0.05) is 19.3 Å². The van der Waals surface area contributed by atoms with E-state index in [4.69, 9.17) is 22.7 Å². The van der Waals surface area contributed by atoms with E-state index in [1.54, 1.807) is 7.11 Å². The number of ether oxygens (including phenoxy) is 1. The van der Waals surface area contributed by atoms with Gasteiger partial charge in [0.15, 0.2) is 0 Å². The summed E-state index contributed by atoms with van der Waals surface area (Å²) in [5, 5.41) is 3.37. The summed E-state index contributed by atoms with van der Waals surface area (Å²) in [6, 6.07) is 2.00. The highest BCUT2D eigenvalue weighted by atomic mass is 32.1. The van der Waals surface area contributed by atoms with Gasteiger partial charge in [-0.2, -0.15) is 0 Å². The zero-order chi connectivity index (χ0) is 14.0. The lowest BCUT2D eigenvalue weighted by atomic mass is 9.80. The number of nitrogens with two attached hydrogens (primary N) is 1. The fourth-order valence-electron chi connectivity index (χ4n) is 2.54. The van der Waals surface area contributed by atoms with Crippen LogP contribution >= 0.6 is 12.2 Å². The Hall–Kier alpha value is -1.20. The number of aromatic nitrogens is 1. The van der Waals surface area contributed by atoms with Crippen molar-refractivity contribution in [2.75, 3.05) is 19.0 Å². The predicted molar refractivity (Wildman–Crippen MR) is 81.7 cm³/mol. The van der Waals surface area contributed by atoms with Crippen LogP contribution in [-0.4, -0.2) is 29.2 Å². The molecule has 0 aliphatic heterocycles. The van der Waals surface area contributed by atoms with E-state index in [9.17, 15) is 0 Å². The Balaban J connectivity index is 2.21. The number of thiocarbonyl (C=S) groups is 1. The maximum Gasteiger partial charge on any atom is 0.136 e. The van der Waals surface area contributed by atoms with Crippen LogP contribution in [-0.2, 0) is 4.74 Å². The Morgan fingerprint density at radius 1 is 1.53 bits per heavy atom. The van der Waals surface area contributed by atoms with Gasteiger partial charge < -0.3 is 15.8 Å². The van der Waals surface area contributed by atoms with Gasteiger partial charge in [0.05, 0.1) is 11.2 Å². The monoisotopic (exact) mass is 279 g/mol. The standard InChI is InChI=1S/C14H21N3OS/c1-9-7-10(2)17-13(11(9)12(15)19)16-8-14(18-3)5-4-6-14/h7H,4-6,8H2,1-3H3,(H2,15,19)(H,16,17). The average molecular weight is 279 g/mol. The Bertz CT molecular complexity index is 492. The Kier molecular flexibility index (Phi) is 4.06. The quantitative estimate of drug-likeness (QED) is 0.810. The molecule has 1 aliphatic carbocycles. The molecule has 0 saturated heterocycles. The number of anilines is 1. The van der Waals surface area contributed by atoms with Crippen LogP contribution in [0.25, 0.3) is 0 Å². The summed E-state index contributed by atoms with van der Waals surface area (Å²) in [4.78, 5) is 4.90. The fourth-order valence-corrected chi connectivity index (χ4v) is 2.80. The summed E-state index contributed by atoms with van der Waals surface area (Å²) in [6.45, 7) is 4.72. The molecule has 0 unspecified atom stereocenters. The Morgan fingerprint density at radius 3 is 2.68 bits per heavy atom. The summed E-state index contributed by atoms with van der Waals surface area (Å²) in [6.07, 6.45) is 3.39. The minimum absolute atomic E-state index is 0.0488. The minimum Gasteiger partial charge on any atom is -0.389 e. The number of pyridine rings is 1. The lowest BCUT2D eigenvalue weighted by molar-refractivity contribution is -0.0601. The van der Waals surface area contributed by atoms with Crippen molar-refractivity contribution in [3.8, 4) is 0 Å². The van der Waals surface area contributed by atoms with Gasteiger partial charge in [0.25, 0.3) is 0 Å². The van der Waals surface area contributed by atoms with Gasteiger partial charge >= 0.3 is 0 Å². The average Bonchev–Trinajstić information content (AvgIpc) is 2.26. The molecule has 19 heavy (non-hydrogen) atoms. The third-order valence-electron chi connectivity index (χ3n) is 3.87. The molecule has 4 nitrogen and oxygen atoms in total. The molecule has 0 amide bonds. The molecule has 1 aromatic rings. The molecule has 3 N–H and O–H groups in total. The second-order valence-corrected chi connectivity index (χ2v) is 5.70. The molecule has 5 heteroatoms. The fraction of sp³-hybridized carbons (Fsp3) is 0.571. The number of nitrogens with zero attached hydrogens (tertiary/aromatic N) is 1. The maximum absolute atomic E-state index is 5.80. The molecule has 104 valence electrons. The number of nitrogens with one attached hydrogen (secondary N) is 1. The van der Waals surface area contributed by atoms with Crippen molar-refractivity contribution < 1.29 is 4.74 Å². The van der Waals surface area contributed by atoms with Crippen LogP contribution in [0.1, 0.15) is 36.1 Å². The van der Waals surface area contributed by atoms with Crippen molar-refractivity contribution in [2.45, 2.75) is 38.7 Å². The van der Waals surface area contributed by atoms with E-state index < -0.39 is 0 Å². The highest BCUT2D eigenvalue weighted by molar-refractivity contribution is 7.80. The number of methoxy groups -OCH3 is 1. The predicted octanol–water partition coefficient (Wildman–Crippen LogP) is 2.31. The first-order valence-electron chi connectivity index (χ1n) is 6.54. The van der Waals surface area contributed by atoms with Gasteiger partial charge in [-0.25, -0.2) is 4.98 Å². The van der Waals surface area contributed by atoms with E-state index in [0.717, 1.165) is 42.0 Å². The molecular formula is C14H21N3OS. The van der Waals surface area contributed by atoms with Gasteiger partial charge in [-0.1, -0.05) is 12.2 Å². The van der Waals surface area contributed by atoms with E-state index in [0.29, 0.717) is 4.99 Å². The van der Waals surface area contributed by atoms with Crippen LogP contribution in [0.3, 0.4) is 0 Å². The molecule has 0 spiro atoms. The van der Waals surface area contributed by atoms with Gasteiger partial charge in [0.1, 0.15) is 10.8 Å². The summed E-state index contributed by atoms with van der Waals surface area (Å²) >= 11 is 5.13. The van der Waals surface area contributed by atoms with Gasteiger partial charge in [-0.3, -0.25) is 0 Å². The smallest absolute Gasteiger partial charge is 0.136 e. The number of aryl methyl sites for hydroxylation is 2. The van der Waals surface area contributed by atoms with Gasteiger partial charge in [-0.15, -0.1) is 0 Å². The van der Waals surface area contributed by atoms with Gasteiger partial charge in [-0.05, 0) is 44.7 Å². The molecule has 0 radical (unpaired) electrons. The van der Waals surface area contributed by atoms with Crippen molar-refractivity contribution in [1.82, 2.24) is 4.98 Å². The summed E-state index contributed by atoms with van der Waals surface area (Å²) in [5.41, 5.74) is 8.61. The third kappa shape index (κ3) is 2.87. The maximum atomic E-state index is 5.80. The lowest BCUT2D eigenvalue weighted by Gasteiger charge is -2.40.